The molecule has 0 saturated heterocycles. The van der Waals surface area contributed by atoms with Gasteiger partial charge in [0.2, 0.25) is 0 Å². The predicted molar refractivity (Wildman–Crippen MR) is 114 cm³/mol. The number of nitrogens with zero attached hydrogens (tertiary/aromatic N) is 1. The average Bonchev–Trinajstić information content (AvgIpc) is 3.18. The van der Waals surface area contributed by atoms with Gasteiger partial charge in [-0.3, -0.25) is 9.59 Å². The van der Waals surface area contributed by atoms with Crippen LogP contribution in [0.25, 0.3) is 20.8 Å². The maximum atomic E-state index is 12.7. The van der Waals surface area contributed by atoms with Crippen LogP contribution in [0.3, 0.4) is 0 Å². The fourth-order valence-electron chi connectivity index (χ4n) is 3.14. The fraction of sp³-hybridized carbons (Fsp3) is 0.0455. The van der Waals surface area contributed by atoms with E-state index in [0.717, 1.165) is 20.8 Å². The van der Waals surface area contributed by atoms with Gasteiger partial charge in [0, 0.05) is 16.8 Å². The van der Waals surface area contributed by atoms with Crippen LogP contribution >= 0.6 is 11.3 Å². The Labute approximate surface area is 170 Å². The number of fused-ring (bicyclic) bond motifs is 2. The molecule has 0 saturated carbocycles. The minimum atomic E-state index is -0.255. The van der Waals surface area contributed by atoms with Crippen LogP contribution in [0, 0.1) is 0 Å². The van der Waals surface area contributed by atoms with E-state index in [2.05, 4.69) is 15.6 Å². The Morgan fingerprint density at radius 3 is 2.86 bits per heavy atom. The molecule has 0 fully saturated rings. The number of ether oxygens (including phenoxy) is 1. The van der Waals surface area contributed by atoms with Crippen LogP contribution < -0.4 is 15.4 Å². The molecule has 0 atom stereocenters. The number of carbonyl (C=O) groups is 2. The van der Waals surface area contributed by atoms with E-state index in [0.29, 0.717) is 22.7 Å². The van der Waals surface area contributed by atoms with Crippen molar-refractivity contribution < 1.29 is 14.3 Å². The standard InChI is InChI=1S/C22H15N3O3S/c26-20-12-28-18-11-13(8-9-16(18)24-20)21(27)23-15-5-3-4-14(10-15)22-25-17-6-1-2-7-19(17)29-22/h1-11H,12H2,(H,23,27)(H,24,26). The van der Waals surface area contributed by atoms with Crippen LogP contribution in [-0.4, -0.2) is 23.4 Å². The van der Waals surface area contributed by atoms with Crippen molar-refractivity contribution in [1.82, 2.24) is 4.98 Å². The first-order valence-corrected chi connectivity index (χ1v) is 9.81. The van der Waals surface area contributed by atoms with Crippen molar-refractivity contribution in [3.05, 3.63) is 72.3 Å². The first-order chi connectivity index (χ1) is 14.2. The van der Waals surface area contributed by atoms with E-state index < -0.39 is 0 Å². The van der Waals surface area contributed by atoms with Crippen LogP contribution in [-0.2, 0) is 4.79 Å². The van der Waals surface area contributed by atoms with Gasteiger partial charge in [-0.1, -0.05) is 24.3 Å². The zero-order chi connectivity index (χ0) is 19.8. The van der Waals surface area contributed by atoms with Gasteiger partial charge in [0.15, 0.2) is 6.61 Å². The molecule has 6 nitrogen and oxygen atoms in total. The van der Waals surface area contributed by atoms with E-state index in [1.54, 1.807) is 29.5 Å². The molecule has 0 radical (unpaired) electrons. The number of benzene rings is 3. The second-order valence-electron chi connectivity index (χ2n) is 6.57. The van der Waals surface area contributed by atoms with Crippen LogP contribution in [0.2, 0.25) is 0 Å². The van der Waals surface area contributed by atoms with Gasteiger partial charge < -0.3 is 15.4 Å². The molecule has 29 heavy (non-hydrogen) atoms. The molecule has 0 bridgehead atoms. The summed E-state index contributed by atoms with van der Waals surface area (Å²) in [6.45, 7) is -0.0533. The molecule has 1 aromatic heterocycles. The second-order valence-corrected chi connectivity index (χ2v) is 7.60. The summed E-state index contributed by atoms with van der Waals surface area (Å²) in [7, 11) is 0. The summed E-state index contributed by atoms with van der Waals surface area (Å²) in [5, 5.41) is 6.53. The van der Waals surface area contributed by atoms with Crippen LogP contribution in [0.15, 0.2) is 66.7 Å². The third-order valence-electron chi connectivity index (χ3n) is 4.54. The van der Waals surface area contributed by atoms with Crippen molar-refractivity contribution in [2.75, 3.05) is 17.2 Å². The zero-order valence-corrected chi connectivity index (χ0v) is 16.0. The number of carbonyl (C=O) groups excluding carboxylic acids is 2. The summed E-state index contributed by atoms with van der Waals surface area (Å²) < 4.78 is 6.51. The molecule has 2 N–H and O–H groups in total. The number of nitrogens with one attached hydrogen (secondary N) is 2. The summed E-state index contributed by atoms with van der Waals surface area (Å²) in [6, 6.07) is 20.6. The van der Waals surface area contributed by atoms with Gasteiger partial charge in [-0.25, -0.2) is 4.98 Å². The highest BCUT2D eigenvalue weighted by Gasteiger charge is 2.18. The monoisotopic (exact) mass is 401 g/mol. The maximum Gasteiger partial charge on any atom is 0.262 e. The van der Waals surface area contributed by atoms with Crippen molar-refractivity contribution in [1.29, 1.82) is 0 Å². The number of hydrogen-bond acceptors (Lipinski definition) is 5. The summed E-state index contributed by atoms with van der Waals surface area (Å²) in [5.41, 5.74) is 3.60. The van der Waals surface area contributed by atoms with Crippen molar-refractivity contribution in [2.45, 2.75) is 0 Å². The van der Waals surface area contributed by atoms with E-state index in [1.165, 1.54) is 0 Å². The quantitative estimate of drug-likeness (QED) is 0.528. The molecule has 2 amide bonds. The minimum absolute atomic E-state index is 0.0533. The Balaban J connectivity index is 1.39. The SMILES string of the molecule is O=C1COc2cc(C(=O)Nc3cccc(-c4nc5ccccc5s4)c3)ccc2N1. The maximum absolute atomic E-state index is 12.7. The lowest BCUT2D eigenvalue weighted by Crippen LogP contribution is -2.25. The summed E-state index contributed by atoms with van der Waals surface area (Å²) >= 11 is 1.62. The number of hydrogen-bond donors (Lipinski definition) is 2. The van der Waals surface area contributed by atoms with Crippen molar-refractivity contribution in [2.24, 2.45) is 0 Å². The highest BCUT2D eigenvalue weighted by atomic mass is 32.1. The van der Waals surface area contributed by atoms with Gasteiger partial charge in [-0.05, 0) is 42.5 Å². The lowest BCUT2D eigenvalue weighted by atomic mass is 10.1. The largest absolute Gasteiger partial charge is 0.482 e. The van der Waals surface area contributed by atoms with Crippen molar-refractivity contribution in [3.8, 4) is 16.3 Å². The number of anilines is 2. The normalized spacial score (nSPS) is 12.8. The Kier molecular flexibility index (Phi) is 4.22. The Bertz CT molecular complexity index is 1230. The van der Waals surface area contributed by atoms with Gasteiger partial charge in [0.05, 0.1) is 15.9 Å². The number of amides is 2. The van der Waals surface area contributed by atoms with Gasteiger partial charge in [0.1, 0.15) is 10.8 Å². The van der Waals surface area contributed by atoms with E-state index in [-0.39, 0.29) is 18.4 Å². The molecule has 0 spiro atoms. The highest BCUT2D eigenvalue weighted by Crippen LogP contribution is 2.32. The predicted octanol–water partition coefficient (Wildman–Crippen LogP) is 4.55. The van der Waals surface area contributed by atoms with Gasteiger partial charge in [-0.15, -0.1) is 11.3 Å². The number of para-hydroxylation sites is 1. The zero-order valence-electron chi connectivity index (χ0n) is 15.1. The molecular formula is C22H15N3O3S. The summed E-state index contributed by atoms with van der Waals surface area (Å²) in [4.78, 5) is 28.7. The fourth-order valence-corrected chi connectivity index (χ4v) is 4.11. The van der Waals surface area contributed by atoms with E-state index in [4.69, 9.17) is 4.74 Å². The first kappa shape index (κ1) is 17.4. The van der Waals surface area contributed by atoms with E-state index in [9.17, 15) is 9.59 Å². The molecule has 4 aromatic rings. The van der Waals surface area contributed by atoms with Crippen molar-refractivity contribution in [3.63, 3.8) is 0 Å². The molecule has 0 aliphatic carbocycles. The van der Waals surface area contributed by atoms with Crippen LogP contribution in [0.4, 0.5) is 11.4 Å². The minimum Gasteiger partial charge on any atom is -0.482 e. The molecule has 3 aromatic carbocycles. The van der Waals surface area contributed by atoms with Gasteiger partial charge >= 0.3 is 0 Å². The molecule has 1 aliphatic rings. The molecule has 7 heteroatoms. The molecule has 2 heterocycles. The first-order valence-electron chi connectivity index (χ1n) is 9.00. The number of rotatable bonds is 3. The molecule has 1 aliphatic heterocycles. The molecule has 142 valence electrons. The molecular weight excluding hydrogens is 386 g/mol. The highest BCUT2D eigenvalue weighted by molar-refractivity contribution is 7.21. The van der Waals surface area contributed by atoms with Crippen molar-refractivity contribution >= 4 is 44.7 Å². The lowest BCUT2D eigenvalue weighted by molar-refractivity contribution is -0.118. The Hall–Kier alpha value is -3.71. The van der Waals surface area contributed by atoms with Gasteiger partial charge in [-0.2, -0.15) is 0 Å². The third-order valence-corrected chi connectivity index (χ3v) is 5.62. The van der Waals surface area contributed by atoms with Crippen LogP contribution in [0.1, 0.15) is 10.4 Å². The number of aromatic nitrogens is 1. The van der Waals surface area contributed by atoms with Gasteiger partial charge in [0.25, 0.3) is 11.8 Å². The van der Waals surface area contributed by atoms with E-state index in [1.807, 2.05) is 48.5 Å². The van der Waals surface area contributed by atoms with E-state index >= 15 is 0 Å². The topological polar surface area (TPSA) is 80.3 Å². The number of thiazole rings is 1. The van der Waals surface area contributed by atoms with Crippen LogP contribution in [0.5, 0.6) is 5.75 Å². The molecule has 0 unspecified atom stereocenters. The Morgan fingerprint density at radius 2 is 1.97 bits per heavy atom. The lowest BCUT2D eigenvalue weighted by Gasteiger charge is -2.18. The Morgan fingerprint density at radius 1 is 1.07 bits per heavy atom. The third kappa shape index (κ3) is 3.43. The molecule has 5 rings (SSSR count). The average molecular weight is 401 g/mol. The summed E-state index contributed by atoms with van der Waals surface area (Å²) in [6.07, 6.45) is 0. The second kappa shape index (κ2) is 7.03. The summed E-state index contributed by atoms with van der Waals surface area (Å²) in [5.74, 6) is 0.0246. The smallest absolute Gasteiger partial charge is 0.262 e.